The first kappa shape index (κ1) is 35.7. The Bertz CT molecular complexity index is 1390. The molecule has 4 rings (SSSR count). The van der Waals surface area contributed by atoms with Gasteiger partial charge in [-0.15, -0.1) is 11.8 Å². The van der Waals surface area contributed by atoms with E-state index in [9.17, 15) is 19.5 Å². The number of aromatic carboxylic acids is 1. The van der Waals surface area contributed by atoms with E-state index < -0.39 is 11.2 Å². The number of hydrogen-bond acceptors (Lipinski definition) is 4. The normalized spacial score (nSPS) is 16.2. The lowest BCUT2D eigenvalue weighted by Gasteiger charge is -2.25. The molecule has 1 saturated heterocycles. The summed E-state index contributed by atoms with van der Waals surface area (Å²) in [7, 11) is 0. The minimum Gasteiger partial charge on any atom is -0.478 e. The molecule has 2 amide bonds. The first-order valence-corrected chi connectivity index (χ1v) is 18.9. The first-order valence-electron chi connectivity index (χ1n) is 15.8. The number of nitrogens with zero attached hydrogens (tertiary/aromatic N) is 2. The van der Waals surface area contributed by atoms with E-state index in [0.29, 0.717) is 26.1 Å². The second-order valence-electron chi connectivity index (χ2n) is 11.6. The number of hydrogen-bond donors (Lipinski definition) is 1. The van der Waals surface area contributed by atoms with Crippen molar-refractivity contribution >= 4 is 74.7 Å². The lowest BCUT2D eigenvalue weighted by molar-refractivity contribution is -0.136. The minimum atomic E-state index is -0.947. The Morgan fingerprint density at radius 2 is 1.44 bits per heavy atom. The van der Waals surface area contributed by atoms with Crippen LogP contribution in [0.3, 0.4) is 0 Å². The summed E-state index contributed by atoms with van der Waals surface area (Å²) in [6, 6.07) is 23.3. The van der Waals surface area contributed by atoms with Crippen LogP contribution in [-0.2, 0) is 29.1 Å². The lowest BCUT2D eigenvalue weighted by atomic mass is 10.1. The summed E-state index contributed by atoms with van der Waals surface area (Å²) in [6.07, 6.45) is 8.88. The van der Waals surface area contributed by atoms with E-state index in [2.05, 4.69) is 64.2 Å². The van der Waals surface area contributed by atoms with Crippen molar-refractivity contribution in [2.24, 2.45) is 0 Å². The SMILES string of the molecule is CCCCCCCCC1SC(CC(=O)N(Cc2cccc(I)c2)Cc2cccc(I)c2)C(=O)N1CCc1ccc(C(=O)O)cc1. The average molecular weight is 853 g/mol. The van der Waals surface area contributed by atoms with E-state index in [1.54, 1.807) is 23.9 Å². The number of carboxylic acids is 1. The highest BCUT2D eigenvalue weighted by molar-refractivity contribution is 14.1. The number of amides is 2. The number of thioether (sulfide) groups is 1. The van der Waals surface area contributed by atoms with Gasteiger partial charge in [-0.3, -0.25) is 9.59 Å². The second-order valence-corrected chi connectivity index (χ2v) is 15.5. The zero-order chi connectivity index (χ0) is 32.2. The number of halogens is 2. The van der Waals surface area contributed by atoms with Crippen molar-refractivity contribution in [2.75, 3.05) is 6.54 Å². The van der Waals surface area contributed by atoms with Crippen LogP contribution in [0, 0.1) is 7.14 Å². The molecule has 0 saturated carbocycles. The topological polar surface area (TPSA) is 77.9 Å². The molecule has 1 aliphatic heterocycles. The Balaban J connectivity index is 1.46. The van der Waals surface area contributed by atoms with Crippen LogP contribution in [0.4, 0.5) is 0 Å². The first-order chi connectivity index (χ1) is 21.7. The molecule has 6 nitrogen and oxygen atoms in total. The molecule has 2 atom stereocenters. The van der Waals surface area contributed by atoms with E-state index in [0.717, 1.165) is 43.1 Å². The Morgan fingerprint density at radius 3 is 2.02 bits per heavy atom. The number of carbonyl (C=O) groups excluding carboxylic acids is 2. The third kappa shape index (κ3) is 11.3. The van der Waals surface area contributed by atoms with Crippen molar-refractivity contribution in [1.29, 1.82) is 0 Å². The zero-order valence-corrected chi connectivity index (χ0v) is 30.9. The van der Waals surface area contributed by atoms with Crippen molar-refractivity contribution in [3.63, 3.8) is 0 Å². The molecule has 240 valence electrons. The van der Waals surface area contributed by atoms with E-state index in [4.69, 9.17) is 0 Å². The maximum atomic E-state index is 14.0. The summed E-state index contributed by atoms with van der Waals surface area (Å²) in [4.78, 5) is 43.0. The Morgan fingerprint density at radius 1 is 0.844 bits per heavy atom. The standard InChI is InChI=1S/C36H42I2N2O4S/c1-2-3-4-5-6-7-14-34-40(20-19-26-15-17-29(18-16-26)36(43)44)35(42)32(45-34)23-33(41)39(24-27-10-8-12-30(37)21-27)25-28-11-9-13-31(38)22-28/h8-13,15-18,21-22,32,34H,2-7,14,19-20,23-25H2,1H3,(H,43,44). The summed E-state index contributed by atoms with van der Waals surface area (Å²) in [5.41, 5.74) is 3.40. The van der Waals surface area contributed by atoms with Crippen LogP contribution in [0.1, 0.15) is 85.3 Å². The average Bonchev–Trinajstić information content (AvgIpc) is 3.30. The van der Waals surface area contributed by atoms with Gasteiger partial charge in [0.1, 0.15) is 0 Å². The number of carbonyl (C=O) groups is 3. The summed E-state index contributed by atoms with van der Waals surface area (Å²) in [5, 5.41) is 8.87. The molecule has 0 bridgehead atoms. The van der Waals surface area contributed by atoms with Crippen LogP contribution in [-0.4, -0.2) is 49.9 Å². The second kappa shape index (κ2) is 18.3. The smallest absolute Gasteiger partial charge is 0.335 e. The Hall–Kier alpha value is -2.12. The number of rotatable bonds is 17. The van der Waals surface area contributed by atoms with Crippen molar-refractivity contribution in [3.8, 4) is 0 Å². The summed E-state index contributed by atoms with van der Waals surface area (Å²) in [6.45, 7) is 3.75. The molecule has 3 aromatic carbocycles. The van der Waals surface area contributed by atoms with Crippen LogP contribution in [0.5, 0.6) is 0 Å². The summed E-state index contributed by atoms with van der Waals surface area (Å²) in [5.74, 6) is -0.921. The van der Waals surface area contributed by atoms with E-state index in [1.165, 1.54) is 25.7 Å². The van der Waals surface area contributed by atoms with Crippen LogP contribution >= 0.6 is 56.9 Å². The zero-order valence-electron chi connectivity index (χ0n) is 25.8. The highest BCUT2D eigenvalue weighted by Crippen LogP contribution is 2.37. The molecule has 1 aliphatic rings. The number of benzene rings is 3. The van der Waals surface area contributed by atoms with Crippen molar-refractivity contribution in [2.45, 2.75) is 88.4 Å². The number of unbranched alkanes of at least 4 members (excludes halogenated alkanes) is 5. The van der Waals surface area contributed by atoms with Crippen LogP contribution in [0.25, 0.3) is 0 Å². The maximum absolute atomic E-state index is 14.0. The van der Waals surface area contributed by atoms with Gasteiger partial charge in [-0.25, -0.2) is 4.79 Å². The molecule has 1 heterocycles. The van der Waals surface area contributed by atoms with Gasteiger partial charge in [-0.05, 0) is 111 Å². The van der Waals surface area contributed by atoms with Gasteiger partial charge in [0, 0.05) is 33.2 Å². The summed E-state index contributed by atoms with van der Waals surface area (Å²) >= 11 is 6.24. The monoisotopic (exact) mass is 852 g/mol. The van der Waals surface area contributed by atoms with Gasteiger partial charge in [-0.1, -0.05) is 81.8 Å². The van der Waals surface area contributed by atoms with Crippen molar-refractivity contribution in [3.05, 3.63) is 102 Å². The predicted octanol–water partition coefficient (Wildman–Crippen LogP) is 8.78. The molecule has 0 spiro atoms. The fourth-order valence-corrected chi connectivity index (χ4v) is 8.40. The molecule has 1 N–H and O–H groups in total. The quantitative estimate of drug-likeness (QED) is 0.109. The molecule has 0 aliphatic carbocycles. The largest absolute Gasteiger partial charge is 0.478 e. The van der Waals surface area contributed by atoms with Crippen molar-refractivity contribution < 1.29 is 19.5 Å². The fraction of sp³-hybridized carbons (Fsp3) is 0.417. The van der Waals surface area contributed by atoms with Gasteiger partial charge in [0.15, 0.2) is 0 Å². The number of carboxylic acid groups (broad SMARTS) is 1. The highest BCUT2D eigenvalue weighted by Gasteiger charge is 2.41. The molecule has 0 aromatic heterocycles. The van der Waals surface area contributed by atoms with Crippen molar-refractivity contribution in [1.82, 2.24) is 9.80 Å². The van der Waals surface area contributed by atoms with E-state index >= 15 is 0 Å². The molecule has 2 unspecified atom stereocenters. The molecule has 45 heavy (non-hydrogen) atoms. The molecule has 3 aromatic rings. The maximum Gasteiger partial charge on any atom is 0.335 e. The lowest BCUT2D eigenvalue weighted by Crippen LogP contribution is -2.38. The van der Waals surface area contributed by atoms with Gasteiger partial charge in [0.05, 0.1) is 16.2 Å². The molecule has 1 fully saturated rings. The van der Waals surface area contributed by atoms with Gasteiger partial charge in [0.2, 0.25) is 11.8 Å². The minimum absolute atomic E-state index is 0.0111. The molecular weight excluding hydrogens is 810 g/mol. The Labute approximate surface area is 299 Å². The van der Waals surface area contributed by atoms with Gasteiger partial charge in [0.25, 0.3) is 0 Å². The van der Waals surface area contributed by atoms with Crippen LogP contribution in [0.2, 0.25) is 0 Å². The van der Waals surface area contributed by atoms with E-state index in [1.807, 2.05) is 58.3 Å². The van der Waals surface area contributed by atoms with E-state index in [-0.39, 0.29) is 29.2 Å². The predicted molar refractivity (Wildman–Crippen MR) is 199 cm³/mol. The van der Waals surface area contributed by atoms with Crippen LogP contribution < -0.4 is 0 Å². The van der Waals surface area contributed by atoms with Gasteiger partial charge >= 0.3 is 5.97 Å². The fourth-order valence-electron chi connectivity index (χ4n) is 5.66. The third-order valence-corrected chi connectivity index (χ3v) is 11.0. The summed E-state index contributed by atoms with van der Waals surface area (Å²) < 4.78 is 2.25. The Kier molecular flexibility index (Phi) is 14.5. The van der Waals surface area contributed by atoms with Gasteiger partial charge < -0.3 is 14.9 Å². The molecular formula is C36H42I2N2O4S. The highest BCUT2D eigenvalue weighted by atomic mass is 127. The third-order valence-electron chi connectivity index (χ3n) is 8.11. The van der Waals surface area contributed by atoms with Gasteiger partial charge in [-0.2, -0.15) is 0 Å². The van der Waals surface area contributed by atoms with Crippen LogP contribution in [0.15, 0.2) is 72.8 Å². The molecule has 0 radical (unpaired) electrons. The molecule has 9 heteroatoms.